The number of aryl methyl sites for hydroxylation is 1. The summed E-state index contributed by atoms with van der Waals surface area (Å²) >= 11 is 5.73. The molecule has 0 spiro atoms. The fourth-order valence-electron chi connectivity index (χ4n) is 1.75. The number of rotatable bonds is 6. The van der Waals surface area contributed by atoms with Crippen LogP contribution in [-0.4, -0.2) is 19.2 Å². The first-order valence-corrected chi connectivity index (χ1v) is 8.32. The molecule has 0 atom stereocenters. The number of hydrogen-bond donors (Lipinski definition) is 1. The number of sulfonamides is 1. The van der Waals surface area contributed by atoms with Crippen molar-refractivity contribution in [2.75, 3.05) is 10.5 Å². The zero-order valence-electron chi connectivity index (χ0n) is 10.8. The van der Waals surface area contributed by atoms with Crippen molar-refractivity contribution in [3.63, 3.8) is 0 Å². The highest BCUT2D eigenvalue weighted by Gasteiger charge is 2.10. The standard InChI is InChI=1S/C14H15ClN2O2S/c15-11-13-2-1-3-14(10-13)17-20(18,19)9-6-12-4-7-16-8-5-12/h1-5,7-8,10,17H,6,9,11H2. The predicted octanol–water partition coefficient (Wildman–Crippen LogP) is 2.80. The monoisotopic (exact) mass is 310 g/mol. The maximum atomic E-state index is 12.0. The van der Waals surface area contributed by atoms with Crippen molar-refractivity contribution in [1.82, 2.24) is 4.98 Å². The lowest BCUT2D eigenvalue weighted by Gasteiger charge is -2.09. The largest absolute Gasteiger partial charge is 0.284 e. The molecular weight excluding hydrogens is 296 g/mol. The molecule has 0 amide bonds. The molecule has 2 aromatic rings. The molecule has 4 nitrogen and oxygen atoms in total. The van der Waals surface area contributed by atoms with Gasteiger partial charge in [-0.15, -0.1) is 11.6 Å². The number of aromatic nitrogens is 1. The molecule has 0 fully saturated rings. The van der Waals surface area contributed by atoms with E-state index in [9.17, 15) is 8.42 Å². The average molecular weight is 311 g/mol. The van der Waals surface area contributed by atoms with Crippen LogP contribution in [-0.2, 0) is 22.3 Å². The fourth-order valence-corrected chi connectivity index (χ4v) is 3.01. The molecule has 0 saturated heterocycles. The number of nitrogens with zero attached hydrogens (tertiary/aromatic N) is 1. The molecule has 0 saturated carbocycles. The van der Waals surface area contributed by atoms with E-state index in [-0.39, 0.29) is 5.75 Å². The number of anilines is 1. The molecule has 1 aromatic carbocycles. The Morgan fingerprint density at radius 3 is 2.55 bits per heavy atom. The quantitative estimate of drug-likeness (QED) is 0.835. The molecule has 6 heteroatoms. The van der Waals surface area contributed by atoms with Gasteiger partial charge in [0.2, 0.25) is 10.0 Å². The van der Waals surface area contributed by atoms with E-state index >= 15 is 0 Å². The van der Waals surface area contributed by atoms with Gasteiger partial charge in [0.25, 0.3) is 0 Å². The summed E-state index contributed by atoms with van der Waals surface area (Å²) < 4.78 is 26.6. The van der Waals surface area contributed by atoms with Gasteiger partial charge in [0.15, 0.2) is 0 Å². The molecule has 20 heavy (non-hydrogen) atoms. The third-order valence-electron chi connectivity index (χ3n) is 2.76. The lowest BCUT2D eigenvalue weighted by Crippen LogP contribution is -2.18. The molecule has 0 aliphatic rings. The number of halogens is 1. The first-order valence-electron chi connectivity index (χ1n) is 6.13. The summed E-state index contributed by atoms with van der Waals surface area (Å²) in [5, 5.41) is 0. The minimum atomic E-state index is -3.37. The van der Waals surface area contributed by atoms with Gasteiger partial charge in [-0.05, 0) is 41.8 Å². The molecule has 0 aliphatic carbocycles. The van der Waals surface area contributed by atoms with Crippen LogP contribution in [0.2, 0.25) is 0 Å². The Hall–Kier alpha value is -1.59. The summed E-state index contributed by atoms with van der Waals surface area (Å²) in [6, 6.07) is 10.7. The normalized spacial score (nSPS) is 11.2. The molecule has 0 bridgehead atoms. The summed E-state index contributed by atoms with van der Waals surface area (Å²) in [7, 11) is -3.37. The van der Waals surface area contributed by atoms with E-state index < -0.39 is 10.0 Å². The Balaban J connectivity index is 2.00. The van der Waals surface area contributed by atoms with Gasteiger partial charge < -0.3 is 0 Å². The van der Waals surface area contributed by atoms with Gasteiger partial charge in [-0.25, -0.2) is 8.42 Å². The second-order valence-corrected chi connectivity index (χ2v) is 6.47. The van der Waals surface area contributed by atoms with Crippen LogP contribution in [0.15, 0.2) is 48.8 Å². The lowest BCUT2D eigenvalue weighted by molar-refractivity contribution is 0.600. The van der Waals surface area contributed by atoms with Gasteiger partial charge >= 0.3 is 0 Å². The van der Waals surface area contributed by atoms with E-state index in [4.69, 9.17) is 11.6 Å². The summed E-state index contributed by atoms with van der Waals surface area (Å²) in [6.07, 6.45) is 3.76. The predicted molar refractivity (Wildman–Crippen MR) is 81.3 cm³/mol. The van der Waals surface area contributed by atoms with Crippen molar-refractivity contribution >= 4 is 27.3 Å². The van der Waals surface area contributed by atoms with Gasteiger partial charge in [0, 0.05) is 24.0 Å². The Kier molecular flexibility index (Phi) is 4.98. The maximum Gasteiger partial charge on any atom is 0.233 e. The van der Waals surface area contributed by atoms with Crippen LogP contribution in [0.1, 0.15) is 11.1 Å². The number of alkyl halides is 1. The summed E-state index contributed by atoms with van der Waals surface area (Å²) in [4.78, 5) is 3.90. The highest BCUT2D eigenvalue weighted by atomic mass is 35.5. The first-order chi connectivity index (χ1) is 9.59. The van der Waals surface area contributed by atoms with E-state index in [1.54, 1.807) is 30.6 Å². The second kappa shape index (κ2) is 6.72. The molecule has 2 rings (SSSR count). The smallest absolute Gasteiger partial charge is 0.233 e. The van der Waals surface area contributed by atoms with E-state index in [2.05, 4.69) is 9.71 Å². The zero-order valence-corrected chi connectivity index (χ0v) is 12.4. The van der Waals surface area contributed by atoms with Crippen LogP contribution in [0.5, 0.6) is 0 Å². The topological polar surface area (TPSA) is 59.1 Å². The molecule has 1 N–H and O–H groups in total. The molecule has 106 valence electrons. The van der Waals surface area contributed by atoms with Crippen molar-refractivity contribution in [2.24, 2.45) is 0 Å². The number of benzene rings is 1. The summed E-state index contributed by atoms with van der Waals surface area (Å²) in [5.74, 6) is 0.384. The number of nitrogens with one attached hydrogen (secondary N) is 1. The minimum Gasteiger partial charge on any atom is -0.284 e. The molecule has 0 unspecified atom stereocenters. The van der Waals surface area contributed by atoms with Gasteiger partial charge in [-0.3, -0.25) is 9.71 Å². The molecule has 0 radical (unpaired) electrons. The molecule has 1 heterocycles. The van der Waals surface area contributed by atoms with E-state index in [0.717, 1.165) is 11.1 Å². The first kappa shape index (κ1) is 14.8. The Morgan fingerprint density at radius 2 is 1.85 bits per heavy atom. The van der Waals surface area contributed by atoms with Crippen molar-refractivity contribution in [3.8, 4) is 0 Å². The maximum absolute atomic E-state index is 12.0. The second-order valence-electron chi connectivity index (χ2n) is 4.36. The van der Waals surface area contributed by atoms with E-state index in [1.807, 2.05) is 18.2 Å². The number of pyridine rings is 1. The van der Waals surface area contributed by atoms with Crippen molar-refractivity contribution in [1.29, 1.82) is 0 Å². The minimum absolute atomic E-state index is 0.0299. The van der Waals surface area contributed by atoms with Crippen LogP contribution in [0.4, 0.5) is 5.69 Å². The Bertz CT molecular complexity index is 660. The number of hydrogen-bond acceptors (Lipinski definition) is 3. The van der Waals surface area contributed by atoms with Gasteiger partial charge in [0.05, 0.1) is 5.75 Å². The van der Waals surface area contributed by atoms with Crippen molar-refractivity contribution < 1.29 is 8.42 Å². The highest BCUT2D eigenvalue weighted by molar-refractivity contribution is 7.92. The van der Waals surface area contributed by atoms with Gasteiger partial charge in [0.1, 0.15) is 0 Å². The average Bonchev–Trinajstić information content (AvgIpc) is 2.46. The van der Waals surface area contributed by atoms with Gasteiger partial charge in [-0.2, -0.15) is 0 Å². The van der Waals surface area contributed by atoms with Crippen molar-refractivity contribution in [2.45, 2.75) is 12.3 Å². The van der Waals surface area contributed by atoms with Crippen molar-refractivity contribution in [3.05, 3.63) is 59.9 Å². The SMILES string of the molecule is O=S(=O)(CCc1ccncc1)Nc1cccc(CCl)c1. The summed E-state index contributed by atoms with van der Waals surface area (Å²) in [6.45, 7) is 0. The zero-order chi connectivity index (χ0) is 14.4. The Morgan fingerprint density at radius 1 is 1.10 bits per heavy atom. The molecule has 0 aliphatic heterocycles. The Labute approximate surface area is 123 Å². The highest BCUT2D eigenvalue weighted by Crippen LogP contribution is 2.14. The van der Waals surface area contributed by atoms with Crippen LogP contribution in [0, 0.1) is 0 Å². The summed E-state index contributed by atoms with van der Waals surface area (Å²) in [5.41, 5.74) is 2.36. The molecular formula is C14H15ClN2O2S. The third kappa shape index (κ3) is 4.51. The van der Waals surface area contributed by atoms with Crippen LogP contribution in [0.25, 0.3) is 0 Å². The van der Waals surface area contributed by atoms with E-state index in [0.29, 0.717) is 18.0 Å². The third-order valence-corrected chi connectivity index (χ3v) is 4.36. The fraction of sp³-hybridized carbons (Fsp3) is 0.214. The van der Waals surface area contributed by atoms with Gasteiger partial charge in [-0.1, -0.05) is 12.1 Å². The van der Waals surface area contributed by atoms with Crippen LogP contribution >= 0.6 is 11.6 Å². The molecule has 1 aromatic heterocycles. The van der Waals surface area contributed by atoms with E-state index in [1.165, 1.54) is 0 Å². The van der Waals surface area contributed by atoms with Crippen LogP contribution in [0.3, 0.4) is 0 Å². The lowest BCUT2D eigenvalue weighted by atomic mass is 10.2. The van der Waals surface area contributed by atoms with Crippen LogP contribution < -0.4 is 4.72 Å².